The number of hydrogen-bond acceptors (Lipinski definition) is 4. The fourth-order valence-electron chi connectivity index (χ4n) is 5.54. The molecule has 1 fully saturated rings. The summed E-state index contributed by atoms with van der Waals surface area (Å²) in [6, 6.07) is 17.7. The lowest BCUT2D eigenvalue weighted by Crippen LogP contribution is -2.41. The summed E-state index contributed by atoms with van der Waals surface area (Å²) in [5.41, 5.74) is 6.08. The zero-order chi connectivity index (χ0) is 24.8. The standard InChI is InChI=1S/C27H29N3O4S/c1-18-14-21(31)7-10-23(18)20-6-11-25-24(15-20)27(12-2-3-13-27)17-30(25)26(32)29-16-19-4-8-22(9-5-19)35(28,33)34/h4-11,14-15,31H,2-3,12-13,16-17H2,1H3,(H,29,32)(H2,28,33,34). The molecular weight excluding hydrogens is 462 g/mol. The van der Waals surface area contributed by atoms with E-state index in [1.54, 1.807) is 24.3 Å². The third-order valence-corrected chi connectivity index (χ3v) is 8.27. The molecule has 2 aliphatic rings. The third-order valence-electron chi connectivity index (χ3n) is 7.34. The predicted molar refractivity (Wildman–Crippen MR) is 136 cm³/mol. The van der Waals surface area contributed by atoms with Gasteiger partial charge in [-0.1, -0.05) is 37.1 Å². The second-order valence-electron chi connectivity index (χ2n) is 9.65. The summed E-state index contributed by atoms with van der Waals surface area (Å²) >= 11 is 0. The van der Waals surface area contributed by atoms with Crippen LogP contribution in [0.1, 0.15) is 42.4 Å². The molecule has 0 aromatic heterocycles. The van der Waals surface area contributed by atoms with Crippen molar-refractivity contribution in [1.82, 2.24) is 5.32 Å². The zero-order valence-corrected chi connectivity index (χ0v) is 20.4. The normalized spacial score (nSPS) is 16.5. The van der Waals surface area contributed by atoms with Gasteiger partial charge in [0.15, 0.2) is 0 Å². The molecular formula is C27H29N3O4S. The molecule has 8 heteroatoms. The van der Waals surface area contributed by atoms with E-state index < -0.39 is 10.0 Å². The lowest BCUT2D eigenvalue weighted by atomic mass is 9.79. The maximum Gasteiger partial charge on any atom is 0.322 e. The van der Waals surface area contributed by atoms with Crippen LogP contribution in [0.25, 0.3) is 11.1 Å². The molecule has 0 unspecified atom stereocenters. The van der Waals surface area contributed by atoms with Gasteiger partial charge in [0.2, 0.25) is 10.0 Å². The topological polar surface area (TPSA) is 113 Å². The molecule has 1 saturated carbocycles. The fourth-order valence-corrected chi connectivity index (χ4v) is 6.05. The predicted octanol–water partition coefficient (Wildman–Crippen LogP) is 4.56. The highest BCUT2D eigenvalue weighted by atomic mass is 32.2. The van der Waals surface area contributed by atoms with Gasteiger partial charge in [0.25, 0.3) is 0 Å². The van der Waals surface area contributed by atoms with Crippen LogP contribution < -0.4 is 15.4 Å². The number of aryl methyl sites for hydroxylation is 1. The molecule has 0 radical (unpaired) electrons. The minimum absolute atomic E-state index is 0.0371. The number of nitrogens with zero attached hydrogens (tertiary/aromatic N) is 1. The molecule has 1 spiro atoms. The number of sulfonamides is 1. The highest BCUT2D eigenvalue weighted by Gasteiger charge is 2.46. The van der Waals surface area contributed by atoms with Gasteiger partial charge in [0, 0.05) is 24.2 Å². The number of carbonyl (C=O) groups is 1. The first-order valence-corrected chi connectivity index (χ1v) is 13.3. The second-order valence-corrected chi connectivity index (χ2v) is 11.2. The zero-order valence-electron chi connectivity index (χ0n) is 19.6. The van der Waals surface area contributed by atoms with Gasteiger partial charge in [-0.25, -0.2) is 18.4 Å². The Balaban J connectivity index is 1.40. The van der Waals surface area contributed by atoms with Crippen molar-refractivity contribution < 1.29 is 18.3 Å². The van der Waals surface area contributed by atoms with Crippen LogP contribution in [0.3, 0.4) is 0 Å². The van der Waals surface area contributed by atoms with Gasteiger partial charge < -0.3 is 10.4 Å². The van der Waals surface area contributed by atoms with E-state index in [9.17, 15) is 18.3 Å². The number of hydrogen-bond donors (Lipinski definition) is 3. The molecule has 7 nitrogen and oxygen atoms in total. The first kappa shape index (κ1) is 23.4. The van der Waals surface area contributed by atoms with Crippen molar-refractivity contribution in [1.29, 1.82) is 0 Å². The number of phenolic OH excluding ortho intramolecular Hbond substituents is 1. The van der Waals surface area contributed by atoms with Gasteiger partial charge in [-0.3, -0.25) is 4.90 Å². The number of benzene rings is 3. The number of rotatable bonds is 4. The van der Waals surface area contributed by atoms with Crippen molar-refractivity contribution in [2.24, 2.45) is 5.14 Å². The summed E-state index contributed by atoms with van der Waals surface area (Å²) < 4.78 is 22.9. The lowest BCUT2D eigenvalue weighted by molar-refractivity contribution is 0.245. The van der Waals surface area contributed by atoms with E-state index in [0.717, 1.165) is 53.6 Å². The Hall–Kier alpha value is -3.36. The molecule has 35 heavy (non-hydrogen) atoms. The molecule has 5 rings (SSSR count). The summed E-state index contributed by atoms with van der Waals surface area (Å²) in [5, 5.41) is 17.9. The van der Waals surface area contributed by atoms with Gasteiger partial charge in [-0.2, -0.15) is 0 Å². The summed E-state index contributed by atoms with van der Waals surface area (Å²) in [6.07, 6.45) is 4.40. The Morgan fingerprint density at radius 3 is 2.43 bits per heavy atom. The van der Waals surface area contributed by atoms with Gasteiger partial charge >= 0.3 is 6.03 Å². The van der Waals surface area contributed by atoms with Crippen molar-refractivity contribution in [3.8, 4) is 16.9 Å². The third kappa shape index (κ3) is 4.39. The molecule has 0 saturated heterocycles. The number of amides is 2. The smallest absolute Gasteiger partial charge is 0.322 e. The Bertz CT molecular complexity index is 1390. The quantitative estimate of drug-likeness (QED) is 0.497. The van der Waals surface area contributed by atoms with Crippen molar-refractivity contribution >= 4 is 21.7 Å². The molecule has 182 valence electrons. The maximum atomic E-state index is 13.3. The Morgan fingerprint density at radius 2 is 1.77 bits per heavy atom. The molecule has 0 atom stereocenters. The van der Waals surface area contributed by atoms with Crippen molar-refractivity contribution in [2.45, 2.75) is 49.5 Å². The minimum atomic E-state index is -3.75. The minimum Gasteiger partial charge on any atom is -0.508 e. The first-order chi connectivity index (χ1) is 16.7. The van der Waals surface area contributed by atoms with Crippen LogP contribution in [-0.2, 0) is 22.0 Å². The van der Waals surface area contributed by atoms with Gasteiger partial charge in [0.05, 0.1) is 4.90 Å². The summed E-state index contributed by atoms with van der Waals surface area (Å²) in [7, 11) is -3.75. The van der Waals surface area contributed by atoms with E-state index in [0.29, 0.717) is 6.54 Å². The van der Waals surface area contributed by atoms with Crippen molar-refractivity contribution in [3.63, 3.8) is 0 Å². The molecule has 0 bridgehead atoms. The first-order valence-electron chi connectivity index (χ1n) is 11.8. The molecule has 1 heterocycles. The average molecular weight is 492 g/mol. The number of nitrogens with two attached hydrogens (primary N) is 1. The van der Waals surface area contributed by atoms with E-state index >= 15 is 0 Å². The Labute approximate surface area is 205 Å². The van der Waals surface area contributed by atoms with Crippen LogP contribution in [0.5, 0.6) is 5.75 Å². The van der Waals surface area contributed by atoms with Crippen LogP contribution in [-0.4, -0.2) is 26.1 Å². The van der Waals surface area contributed by atoms with Gasteiger partial charge in [-0.15, -0.1) is 0 Å². The molecule has 3 aromatic rings. The summed E-state index contributed by atoms with van der Waals surface area (Å²) in [6.45, 7) is 2.92. The number of urea groups is 1. The monoisotopic (exact) mass is 491 g/mol. The van der Waals surface area contributed by atoms with Crippen molar-refractivity contribution in [3.05, 3.63) is 77.4 Å². The number of anilines is 1. The SMILES string of the molecule is Cc1cc(O)ccc1-c1ccc2c(c1)C1(CCCC1)CN2C(=O)NCc1ccc(S(N)(=O)=O)cc1. The number of nitrogens with one attached hydrogen (secondary N) is 1. The van der Waals surface area contributed by atoms with Crippen molar-refractivity contribution in [2.75, 3.05) is 11.4 Å². The number of primary sulfonamides is 1. The van der Waals surface area contributed by atoms with E-state index in [1.807, 2.05) is 30.0 Å². The average Bonchev–Trinajstić information content (AvgIpc) is 3.42. The van der Waals surface area contributed by atoms with Gasteiger partial charge in [0.1, 0.15) is 5.75 Å². The molecule has 2 amide bonds. The number of aromatic hydroxyl groups is 1. The fraction of sp³-hybridized carbons (Fsp3) is 0.296. The Morgan fingerprint density at radius 1 is 1.06 bits per heavy atom. The van der Waals surface area contributed by atoms with E-state index in [1.165, 1.54) is 17.7 Å². The summed E-state index contributed by atoms with van der Waals surface area (Å²) in [5.74, 6) is 0.252. The summed E-state index contributed by atoms with van der Waals surface area (Å²) in [4.78, 5) is 15.2. The van der Waals surface area contributed by atoms with Crippen LogP contribution in [0.2, 0.25) is 0 Å². The number of carbonyl (C=O) groups excluding carboxylic acids is 1. The number of fused-ring (bicyclic) bond motifs is 2. The van der Waals surface area contributed by atoms with E-state index in [4.69, 9.17) is 5.14 Å². The maximum absolute atomic E-state index is 13.3. The second kappa shape index (κ2) is 8.70. The number of phenols is 1. The molecule has 4 N–H and O–H groups in total. The van der Waals surface area contributed by atoms with Crippen LogP contribution in [0, 0.1) is 6.92 Å². The van der Waals surface area contributed by atoms with Crippen LogP contribution >= 0.6 is 0 Å². The largest absolute Gasteiger partial charge is 0.508 e. The van der Waals surface area contributed by atoms with Gasteiger partial charge in [-0.05, 0) is 84.0 Å². The Kier molecular flexibility index (Phi) is 5.81. The van der Waals surface area contributed by atoms with Crippen LogP contribution in [0.15, 0.2) is 65.6 Å². The highest BCUT2D eigenvalue weighted by molar-refractivity contribution is 7.89. The molecule has 3 aromatic carbocycles. The van der Waals surface area contributed by atoms with Crippen LogP contribution in [0.4, 0.5) is 10.5 Å². The highest BCUT2D eigenvalue weighted by Crippen LogP contribution is 2.51. The molecule has 1 aliphatic carbocycles. The molecule has 1 aliphatic heterocycles. The van der Waals surface area contributed by atoms with E-state index in [-0.39, 0.29) is 28.6 Å². The lowest BCUT2D eigenvalue weighted by Gasteiger charge is -2.25. The van der Waals surface area contributed by atoms with E-state index in [2.05, 4.69) is 11.4 Å².